The largest absolute Gasteiger partial charge is 0.331 e. The lowest BCUT2D eigenvalue weighted by Gasteiger charge is -2.19. The van der Waals surface area contributed by atoms with E-state index in [4.69, 9.17) is 5.73 Å². The van der Waals surface area contributed by atoms with Gasteiger partial charge in [0.25, 0.3) is 0 Å². The number of amides is 1. The van der Waals surface area contributed by atoms with E-state index in [1.807, 2.05) is 0 Å². The molecule has 6 nitrogen and oxygen atoms in total. The van der Waals surface area contributed by atoms with Gasteiger partial charge in [-0.25, -0.2) is 13.1 Å². The van der Waals surface area contributed by atoms with Gasteiger partial charge in [0.15, 0.2) is 0 Å². The fraction of sp³-hybridized carbons (Fsp3) is 0.889. The van der Waals surface area contributed by atoms with Crippen LogP contribution >= 0.6 is 35.9 Å². The molecule has 0 aromatic heterocycles. The van der Waals surface area contributed by atoms with E-state index in [1.54, 1.807) is 16.7 Å². The van der Waals surface area contributed by atoms with Crippen LogP contribution in [0, 0.1) is 0 Å². The second-order valence-corrected chi connectivity index (χ2v) is 8.04. The van der Waals surface area contributed by atoms with Crippen molar-refractivity contribution in [1.29, 1.82) is 0 Å². The van der Waals surface area contributed by atoms with Gasteiger partial charge in [0.2, 0.25) is 15.9 Å². The summed E-state index contributed by atoms with van der Waals surface area (Å²) in [5.74, 6) is 2.83. The molecule has 0 aromatic rings. The van der Waals surface area contributed by atoms with Gasteiger partial charge in [0, 0.05) is 30.3 Å². The fourth-order valence-corrected chi connectivity index (χ4v) is 3.77. The van der Waals surface area contributed by atoms with Crippen LogP contribution in [-0.4, -0.2) is 67.7 Å². The van der Waals surface area contributed by atoms with Crippen molar-refractivity contribution in [1.82, 2.24) is 9.62 Å². The van der Waals surface area contributed by atoms with Crippen LogP contribution in [0.15, 0.2) is 0 Å². The normalized spacial score (nSPS) is 17.1. The number of carbonyl (C=O) groups is 1. The molecular weight excluding hydrogens is 330 g/mol. The van der Waals surface area contributed by atoms with Gasteiger partial charge < -0.3 is 10.6 Å². The van der Waals surface area contributed by atoms with Crippen LogP contribution in [0.2, 0.25) is 0 Å². The van der Waals surface area contributed by atoms with E-state index in [0.717, 1.165) is 24.4 Å². The Morgan fingerprint density at radius 2 is 2.26 bits per heavy atom. The summed E-state index contributed by atoms with van der Waals surface area (Å²) in [5.41, 5.74) is 5.81. The van der Waals surface area contributed by atoms with Gasteiger partial charge >= 0.3 is 0 Å². The van der Waals surface area contributed by atoms with E-state index in [9.17, 15) is 13.2 Å². The van der Waals surface area contributed by atoms with Gasteiger partial charge in [-0.1, -0.05) is 0 Å². The van der Waals surface area contributed by atoms with Gasteiger partial charge in [-0.3, -0.25) is 4.79 Å². The first-order valence-corrected chi connectivity index (χ1v) is 9.75. The van der Waals surface area contributed by atoms with Gasteiger partial charge in [-0.2, -0.15) is 11.8 Å². The molecule has 1 atom stereocenters. The van der Waals surface area contributed by atoms with Gasteiger partial charge in [-0.15, -0.1) is 24.2 Å². The Hall–Kier alpha value is 0.330. The zero-order valence-electron chi connectivity index (χ0n) is 10.7. The van der Waals surface area contributed by atoms with E-state index in [2.05, 4.69) is 4.72 Å². The molecule has 0 radical (unpaired) electrons. The van der Waals surface area contributed by atoms with Crippen molar-refractivity contribution in [3.05, 3.63) is 0 Å². The second kappa shape index (κ2) is 9.30. The average Bonchev–Trinajstić information content (AvgIpc) is 2.79. The van der Waals surface area contributed by atoms with E-state index in [1.165, 1.54) is 11.8 Å². The molecule has 0 aliphatic carbocycles. The third-order valence-corrected chi connectivity index (χ3v) is 5.07. The second-order valence-electron chi connectivity index (χ2n) is 3.99. The summed E-state index contributed by atoms with van der Waals surface area (Å²) < 4.78 is 24.0. The minimum absolute atomic E-state index is 0. The van der Waals surface area contributed by atoms with Crippen molar-refractivity contribution in [2.75, 3.05) is 42.5 Å². The lowest BCUT2D eigenvalue weighted by Crippen LogP contribution is -2.44. The average molecular weight is 350 g/mol. The molecular formula is C9H20ClN3O3S3. The van der Waals surface area contributed by atoms with Crippen LogP contribution in [0.5, 0.6) is 0 Å². The first-order valence-electron chi connectivity index (χ1n) is 5.54. The zero-order chi connectivity index (χ0) is 13.6. The van der Waals surface area contributed by atoms with Crippen molar-refractivity contribution in [3.63, 3.8) is 0 Å². The van der Waals surface area contributed by atoms with Crippen LogP contribution in [0.1, 0.15) is 0 Å². The van der Waals surface area contributed by atoms with Crippen LogP contribution in [0.3, 0.4) is 0 Å². The molecule has 0 spiro atoms. The molecule has 0 aromatic carbocycles. The molecule has 1 aliphatic heterocycles. The summed E-state index contributed by atoms with van der Waals surface area (Å²) in [5, 5.41) is 0. The highest BCUT2D eigenvalue weighted by molar-refractivity contribution is 7.99. The predicted octanol–water partition coefficient (Wildman–Crippen LogP) is -0.449. The molecule has 1 saturated heterocycles. The molecule has 0 saturated carbocycles. The molecule has 1 heterocycles. The Bertz CT molecular complexity index is 374. The number of nitrogens with one attached hydrogen (secondary N) is 1. The van der Waals surface area contributed by atoms with Crippen LogP contribution in [0.4, 0.5) is 0 Å². The quantitative estimate of drug-likeness (QED) is 0.605. The number of hydrogen-bond donors (Lipinski definition) is 2. The van der Waals surface area contributed by atoms with Crippen molar-refractivity contribution >= 4 is 51.9 Å². The maximum atomic E-state index is 11.8. The Morgan fingerprint density at radius 3 is 2.79 bits per heavy atom. The fourth-order valence-electron chi connectivity index (χ4n) is 1.40. The maximum Gasteiger partial charge on any atom is 0.241 e. The standard InChI is InChI=1S/C9H19N3O3S3.ClH/c1-18(14,15)11-2-4-16-6-8(10)9(13)12-3-5-17-7-12;/h8,11H,2-7,10H2,1H3;1H/t8-;/m1./s1. The molecule has 1 rings (SSSR count). The lowest BCUT2D eigenvalue weighted by atomic mass is 10.3. The van der Waals surface area contributed by atoms with Crippen molar-refractivity contribution in [2.24, 2.45) is 5.73 Å². The number of rotatable bonds is 7. The number of hydrogen-bond acceptors (Lipinski definition) is 6. The molecule has 10 heteroatoms. The highest BCUT2D eigenvalue weighted by Crippen LogP contribution is 2.14. The molecule has 1 aliphatic rings. The monoisotopic (exact) mass is 349 g/mol. The number of carbonyl (C=O) groups excluding carboxylic acids is 1. The Morgan fingerprint density at radius 1 is 1.58 bits per heavy atom. The topological polar surface area (TPSA) is 92.5 Å². The molecule has 19 heavy (non-hydrogen) atoms. The summed E-state index contributed by atoms with van der Waals surface area (Å²) in [4.78, 5) is 13.6. The third kappa shape index (κ3) is 8.26. The number of nitrogens with two attached hydrogens (primary N) is 1. The summed E-state index contributed by atoms with van der Waals surface area (Å²) in [6.07, 6.45) is 1.12. The van der Waals surface area contributed by atoms with Crippen LogP contribution in [-0.2, 0) is 14.8 Å². The Labute approximate surface area is 129 Å². The lowest BCUT2D eigenvalue weighted by molar-refractivity contribution is -0.130. The van der Waals surface area contributed by atoms with Gasteiger partial charge in [0.05, 0.1) is 18.2 Å². The van der Waals surface area contributed by atoms with E-state index in [0.29, 0.717) is 18.1 Å². The minimum Gasteiger partial charge on any atom is -0.331 e. The Balaban J connectivity index is 0.00000324. The number of thioether (sulfide) groups is 2. The van der Waals surface area contributed by atoms with Crippen molar-refractivity contribution < 1.29 is 13.2 Å². The molecule has 1 fully saturated rings. The minimum atomic E-state index is -3.13. The first-order chi connectivity index (χ1) is 8.40. The van der Waals surface area contributed by atoms with Gasteiger partial charge in [0.1, 0.15) is 0 Å². The number of sulfonamides is 1. The highest BCUT2D eigenvalue weighted by atomic mass is 35.5. The summed E-state index contributed by atoms with van der Waals surface area (Å²) in [6.45, 7) is 1.14. The van der Waals surface area contributed by atoms with E-state index >= 15 is 0 Å². The van der Waals surface area contributed by atoms with Crippen LogP contribution < -0.4 is 10.5 Å². The third-order valence-electron chi connectivity index (χ3n) is 2.29. The zero-order valence-corrected chi connectivity index (χ0v) is 14.0. The summed E-state index contributed by atoms with van der Waals surface area (Å²) >= 11 is 3.21. The van der Waals surface area contributed by atoms with Crippen LogP contribution in [0.25, 0.3) is 0 Å². The number of halogens is 1. The SMILES string of the molecule is CS(=O)(=O)NCCSC[C@@H](N)C(=O)N1CCSC1.Cl. The summed E-state index contributed by atoms with van der Waals surface area (Å²) in [7, 11) is -3.13. The van der Waals surface area contributed by atoms with E-state index in [-0.39, 0.29) is 18.3 Å². The highest BCUT2D eigenvalue weighted by Gasteiger charge is 2.23. The molecule has 114 valence electrons. The maximum absolute atomic E-state index is 11.8. The molecule has 0 bridgehead atoms. The number of nitrogens with zero attached hydrogens (tertiary/aromatic N) is 1. The Kier molecular flexibility index (Phi) is 9.46. The van der Waals surface area contributed by atoms with Crippen molar-refractivity contribution in [3.8, 4) is 0 Å². The van der Waals surface area contributed by atoms with Gasteiger partial charge in [-0.05, 0) is 0 Å². The molecule has 0 unspecified atom stereocenters. The van der Waals surface area contributed by atoms with E-state index < -0.39 is 16.1 Å². The first kappa shape index (κ1) is 19.3. The predicted molar refractivity (Wildman–Crippen MR) is 84.4 cm³/mol. The van der Waals surface area contributed by atoms with Crippen molar-refractivity contribution in [2.45, 2.75) is 6.04 Å². The summed E-state index contributed by atoms with van der Waals surface area (Å²) in [6, 6.07) is -0.494. The smallest absolute Gasteiger partial charge is 0.241 e. The molecule has 3 N–H and O–H groups in total. The molecule has 1 amide bonds.